The van der Waals surface area contributed by atoms with Gasteiger partial charge in [-0.3, -0.25) is 0 Å². The van der Waals surface area contributed by atoms with Crippen LogP contribution in [-0.4, -0.2) is 64.5 Å². The Hall–Kier alpha value is -3.52. The van der Waals surface area contributed by atoms with Gasteiger partial charge in [0.05, 0.1) is 25.4 Å². The van der Waals surface area contributed by atoms with Gasteiger partial charge in [0.1, 0.15) is 11.5 Å². The predicted octanol–water partition coefficient (Wildman–Crippen LogP) is 7.91. The minimum Gasteiger partial charge on any atom is -0.456 e. The second-order valence-electron chi connectivity index (χ2n) is 12.5. The van der Waals surface area contributed by atoms with Crippen molar-refractivity contribution in [1.82, 2.24) is 0 Å². The van der Waals surface area contributed by atoms with Crippen LogP contribution in [0.15, 0.2) is 60.7 Å². The van der Waals surface area contributed by atoms with Crippen molar-refractivity contribution in [2.75, 3.05) is 68.3 Å². The summed E-state index contributed by atoms with van der Waals surface area (Å²) in [5.41, 5.74) is 5.38. The van der Waals surface area contributed by atoms with E-state index in [4.69, 9.17) is 30.5 Å². The fourth-order valence-electron chi connectivity index (χ4n) is 6.71. The van der Waals surface area contributed by atoms with Gasteiger partial charge in [0.2, 0.25) is 0 Å². The summed E-state index contributed by atoms with van der Waals surface area (Å²) in [4.78, 5) is 18.2. The van der Waals surface area contributed by atoms with Crippen LogP contribution in [0.5, 0.6) is 11.5 Å². The number of benzene rings is 3. The molecule has 242 valence electrons. The second kappa shape index (κ2) is 14.1. The van der Waals surface area contributed by atoms with Crippen molar-refractivity contribution in [2.24, 2.45) is 0 Å². The Morgan fingerprint density at radius 2 is 1.39 bits per heavy atom. The molecule has 4 aliphatic heterocycles. The summed E-state index contributed by atoms with van der Waals surface area (Å²) < 4.78 is 24.5. The van der Waals surface area contributed by atoms with Gasteiger partial charge in [-0.2, -0.15) is 0 Å². The van der Waals surface area contributed by atoms with Crippen molar-refractivity contribution in [1.29, 1.82) is 0 Å². The van der Waals surface area contributed by atoms with E-state index in [0.29, 0.717) is 25.4 Å². The number of alkyl halides is 1. The minimum absolute atomic E-state index is 0.311. The number of fused-ring (bicyclic) bond motifs is 6. The molecule has 8 heteroatoms. The molecule has 46 heavy (non-hydrogen) atoms. The van der Waals surface area contributed by atoms with Gasteiger partial charge in [0.25, 0.3) is 0 Å². The number of ether oxygens (including phenoxy) is 4. The molecule has 0 aromatic heterocycles. The van der Waals surface area contributed by atoms with Crippen LogP contribution in [0.1, 0.15) is 77.6 Å². The molecule has 0 unspecified atom stereocenters. The van der Waals surface area contributed by atoms with Crippen molar-refractivity contribution in [3.05, 3.63) is 88.5 Å². The number of rotatable bonds is 15. The third-order valence-corrected chi connectivity index (χ3v) is 9.79. The average Bonchev–Trinajstić information content (AvgIpc) is 3.29. The van der Waals surface area contributed by atoms with E-state index in [0.717, 1.165) is 109 Å². The molecule has 0 amide bonds. The number of hydrogen-bond donors (Lipinski definition) is 0. The van der Waals surface area contributed by atoms with Gasteiger partial charge < -0.3 is 28.7 Å². The van der Waals surface area contributed by atoms with Crippen LogP contribution in [0.4, 0.5) is 11.4 Å². The van der Waals surface area contributed by atoms with Gasteiger partial charge in [0, 0.05) is 78.9 Å². The normalized spacial score (nSPS) is 17.3. The van der Waals surface area contributed by atoms with Crippen LogP contribution >= 0.6 is 11.6 Å². The minimum atomic E-state index is -1.08. The number of hydrogen-bond acceptors (Lipinski definition) is 7. The Bertz CT molecular complexity index is 1520. The Morgan fingerprint density at radius 3 is 2.02 bits per heavy atom. The largest absolute Gasteiger partial charge is 0.456 e. The molecule has 2 fully saturated rings. The molecule has 0 atom stereocenters. The van der Waals surface area contributed by atoms with Gasteiger partial charge >= 0.3 is 5.97 Å². The van der Waals surface area contributed by atoms with E-state index in [-0.39, 0.29) is 5.97 Å². The standard InChI is InChI=1S/C38H43ClN2O5/c39-16-4-1-2-5-21-43-23-24-44-22-6-3-9-28-10-13-31-34(25-28)38(46-37(31)42)32-14-11-29(40-17-7-18-40)26-35(32)45-36-27-30(12-15-33(36)38)41-19-8-20-41/h3,9-15,25-27H,1-2,4-8,16-24H2. The molecule has 4 aliphatic rings. The van der Waals surface area contributed by atoms with Crippen molar-refractivity contribution in [3.8, 4) is 11.5 Å². The first-order valence-corrected chi connectivity index (χ1v) is 17.4. The molecule has 0 saturated carbocycles. The number of carbonyl (C=O) groups excluding carboxylic acids is 1. The summed E-state index contributed by atoms with van der Waals surface area (Å²) in [6.07, 6.45) is 11.9. The van der Waals surface area contributed by atoms with Gasteiger partial charge in [-0.05, 0) is 74.1 Å². The number of carbonyl (C=O) groups is 1. The Balaban J connectivity index is 1.08. The molecule has 3 aromatic rings. The topological polar surface area (TPSA) is 60.5 Å². The quantitative estimate of drug-likeness (QED) is 0.0948. The van der Waals surface area contributed by atoms with Gasteiger partial charge in [-0.25, -0.2) is 4.79 Å². The maximum atomic E-state index is 13.5. The number of unbranched alkanes of at least 4 members (excludes halogenated alkanes) is 3. The fourth-order valence-corrected chi connectivity index (χ4v) is 6.90. The van der Waals surface area contributed by atoms with Crippen molar-refractivity contribution in [2.45, 2.75) is 50.5 Å². The van der Waals surface area contributed by atoms with Gasteiger partial charge in [-0.1, -0.05) is 31.1 Å². The average molecular weight is 643 g/mol. The van der Waals surface area contributed by atoms with Gasteiger partial charge in [0.15, 0.2) is 5.60 Å². The van der Waals surface area contributed by atoms with Crippen LogP contribution in [-0.2, 0) is 19.8 Å². The third-order valence-electron chi connectivity index (χ3n) is 9.52. The number of halogens is 1. The molecule has 7 nitrogen and oxygen atoms in total. The summed E-state index contributed by atoms with van der Waals surface area (Å²) in [6, 6.07) is 18.6. The number of nitrogens with zero attached hydrogens (tertiary/aromatic N) is 2. The lowest BCUT2D eigenvalue weighted by molar-refractivity contribution is 0.0224. The molecule has 1 spiro atoms. The highest BCUT2D eigenvalue weighted by Crippen LogP contribution is 2.57. The molecule has 0 aliphatic carbocycles. The van der Waals surface area contributed by atoms with E-state index in [2.05, 4.69) is 64.4 Å². The lowest BCUT2D eigenvalue weighted by Crippen LogP contribution is -2.38. The van der Waals surface area contributed by atoms with Crippen LogP contribution in [0.3, 0.4) is 0 Å². The molecule has 0 N–H and O–H groups in total. The zero-order valence-corrected chi connectivity index (χ0v) is 27.2. The smallest absolute Gasteiger partial charge is 0.340 e. The van der Waals surface area contributed by atoms with E-state index in [1.807, 2.05) is 12.1 Å². The summed E-state index contributed by atoms with van der Waals surface area (Å²) in [7, 11) is 0. The molecule has 0 radical (unpaired) electrons. The van der Waals surface area contributed by atoms with Crippen molar-refractivity contribution in [3.63, 3.8) is 0 Å². The molecule has 3 aromatic carbocycles. The highest BCUT2D eigenvalue weighted by Gasteiger charge is 2.53. The van der Waals surface area contributed by atoms with Crippen LogP contribution in [0.25, 0.3) is 6.08 Å². The van der Waals surface area contributed by atoms with Gasteiger partial charge in [-0.15, -0.1) is 11.6 Å². The van der Waals surface area contributed by atoms with E-state index < -0.39 is 5.60 Å². The van der Waals surface area contributed by atoms with E-state index in [1.54, 1.807) is 0 Å². The van der Waals surface area contributed by atoms with Crippen molar-refractivity contribution < 1.29 is 23.7 Å². The summed E-state index contributed by atoms with van der Waals surface area (Å²) in [5, 5.41) is 0. The van der Waals surface area contributed by atoms with Crippen LogP contribution in [0.2, 0.25) is 0 Å². The first-order valence-electron chi connectivity index (χ1n) is 16.9. The monoisotopic (exact) mass is 642 g/mol. The Labute approximate surface area is 277 Å². The number of anilines is 2. The zero-order chi connectivity index (χ0) is 31.3. The van der Waals surface area contributed by atoms with Crippen LogP contribution < -0.4 is 14.5 Å². The van der Waals surface area contributed by atoms with E-state index in [1.165, 1.54) is 19.3 Å². The summed E-state index contributed by atoms with van der Waals surface area (Å²) >= 11 is 5.72. The number of esters is 1. The highest BCUT2D eigenvalue weighted by atomic mass is 35.5. The van der Waals surface area contributed by atoms with E-state index in [9.17, 15) is 4.79 Å². The first-order chi connectivity index (χ1) is 22.7. The maximum absolute atomic E-state index is 13.5. The molecule has 0 bridgehead atoms. The molecular weight excluding hydrogens is 600 g/mol. The molecular formula is C38H43ClN2O5. The Morgan fingerprint density at radius 1 is 0.739 bits per heavy atom. The summed E-state index contributed by atoms with van der Waals surface area (Å²) in [6.45, 7) is 6.79. The lowest BCUT2D eigenvalue weighted by Gasteiger charge is -2.39. The molecule has 7 rings (SSSR count). The maximum Gasteiger partial charge on any atom is 0.340 e. The predicted molar refractivity (Wildman–Crippen MR) is 183 cm³/mol. The third kappa shape index (κ3) is 6.13. The summed E-state index contributed by atoms with van der Waals surface area (Å²) in [5.74, 6) is 1.91. The second-order valence-corrected chi connectivity index (χ2v) is 12.9. The molecule has 2 saturated heterocycles. The van der Waals surface area contributed by atoms with Crippen molar-refractivity contribution >= 4 is 35.0 Å². The van der Waals surface area contributed by atoms with Crippen LogP contribution in [0, 0.1) is 0 Å². The lowest BCUT2D eigenvalue weighted by atomic mass is 9.77. The molecule has 4 heterocycles. The first kappa shape index (κ1) is 31.1. The Kier molecular flexibility index (Phi) is 9.52. The zero-order valence-electron chi connectivity index (χ0n) is 26.5. The van der Waals surface area contributed by atoms with E-state index >= 15 is 0 Å². The SMILES string of the molecule is O=C1OC2(c3ccc(N4CCC4)cc3Oc3cc(N4CCC4)ccc32)c2cc(C=CCCOCCOCCCCCCCl)ccc21. The highest BCUT2D eigenvalue weighted by molar-refractivity contribution is 6.17. The fraction of sp³-hybridized carbons (Fsp3) is 0.447.